The van der Waals surface area contributed by atoms with Gasteiger partial charge in [-0.15, -0.1) is 34.4 Å². The van der Waals surface area contributed by atoms with Crippen LogP contribution in [-0.4, -0.2) is 23.8 Å². The minimum atomic E-state index is -0.145. The van der Waals surface area contributed by atoms with Gasteiger partial charge < -0.3 is 10.1 Å². The molecule has 1 aliphatic rings. The first kappa shape index (κ1) is 16.6. The summed E-state index contributed by atoms with van der Waals surface area (Å²) in [4.78, 5) is 18.6. The van der Waals surface area contributed by atoms with E-state index in [4.69, 9.17) is 4.74 Å². The van der Waals surface area contributed by atoms with Crippen molar-refractivity contribution in [3.05, 3.63) is 51.5 Å². The Labute approximate surface area is 158 Å². The molecule has 25 heavy (non-hydrogen) atoms. The van der Waals surface area contributed by atoms with E-state index in [0.717, 1.165) is 34.7 Å². The molecule has 1 unspecified atom stereocenters. The highest BCUT2D eigenvalue weighted by atomic mass is 32.2. The standard InChI is InChI=1S/C18H16N2O2S3/c1-22-14-5-3-2-4-11(14)13-10-25-18(19-13)20-17(21)16-12-6-8-23-15(12)7-9-24-16/h2-6,8,10,16H,7,9H2,1H3,(H,19,20,21). The number of nitrogens with one attached hydrogen (secondary N) is 1. The number of carbonyl (C=O) groups excluding carboxylic acids is 1. The molecule has 0 aliphatic carbocycles. The number of anilines is 1. The number of methoxy groups -OCH3 is 1. The molecule has 2 aromatic heterocycles. The van der Waals surface area contributed by atoms with E-state index in [2.05, 4.69) is 21.7 Å². The van der Waals surface area contributed by atoms with E-state index in [9.17, 15) is 4.79 Å². The molecule has 4 nitrogen and oxygen atoms in total. The predicted octanol–water partition coefficient (Wildman–Crippen LogP) is 4.85. The summed E-state index contributed by atoms with van der Waals surface area (Å²) in [6.45, 7) is 0. The Morgan fingerprint density at radius 2 is 2.16 bits per heavy atom. The van der Waals surface area contributed by atoms with Gasteiger partial charge in [-0.25, -0.2) is 4.98 Å². The van der Waals surface area contributed by atoms with Gasteiger partial charge in [-0.1, -0.05) is 12.1 Å². The van der Waals surface area contributed by atoms with Gasteiger partial charge in [0, 0.05) is 15.8 Å². The molecule has 1 N–H and O–H groups in total. The number of hydrogen-bond donors (Lipinski definition) is 1. The third-order valence-electron chi connectivity index (χ3n) is 4.03. The van der Waals surface area contributed by atoms with Crippen molar-refractivity contribution in [2.45, 2.75) is 11.7 Å². The molecule has 0 bridgehead atoms. The topological polar surface area (TPSA) is 51.2 Å². The van der Waals surface area contributed by atoms with Gasteiger partial charge in [0.2, 0.25) is 5.91 Å². The van der Waals surface area contributed by atoms with Crippen molar-refractivity contribution in [2.24, 2.45) is 0 Å². The van der Waals surface area contributed by atoms with Gasteiger partial charge in [0.25, 0.3) is 0 Å². The van der Waals surface area contributed by atoms with E-state index in [1.165, 1.54) is 16.2 Å². The molecule has 0 fully saturated rings. The maximum Gasteiger partial charge on any atom is 0.243 e. The molecule has 7 heteroatoms. The molecule has 1 amide bonds. The van der Waals surface area contributed by atoms with Crippen molar-refractivity contribution < 1.29 is 9.53 Å². The number of thiophene rings is 1. The minimum absolute atomic E-state index is 0.00489. The number of ether oxygens (including phenoxy) is 1. The summed E-state index contributed by atoms with van der Waals surface area (Å²) in [5.41, 5.74) is 2.89. The number of thioether (sulfide) groups is 1. The largest absolute Gasteiger partial charge is 0.496 e. The van der Waals surface area contributed by atoms with Crippen molar-refractivity contribution in [3.63, 3.8) is 0 Å². The summed E-state index contributed by atoms with van der Waals surface area (Å²) in [7, 11) is 1.65. The first-order valence-corrected chi connectivity index (χ1v) is 10.6. The van der Waals surface area contributed by atoms with Crippen LogP contribution >= 0.6 is 34.4 Å². The lowest BCUT2D eigenvalue weighted by molar-refractivity contribution is -0.115. The summed E-state index contributed by atoms with van der Waals surface area (Å²) >= 11 is 4.87. The van der Waals surface area contributed by atoms with Crippen molar-refractivity contribution in [1.82, 2.24) is 4.98 Å². The molecule has 0 saturated heterocycles. The van der Waals surface area contributed by atoms with Crippen molar-refractivity contribution >= 4 is 45.5 Å². The molecule has 0 spiro atoms. The average Bonchev–Trinajstić information content (AvgIpc) is 3.30. The highest BCUT2D eigenvalue weighted by Crippen LogP contribution is 2.40. The summed E-state index contributed by atoms with van der Waals surface area (Å²) < 4.78 is 5.39. The second-order valence-corrected chi connectivity index (χ2v) is 8.60. The summed E-state index contributed by atoms with van der Waals surface area (Å²) in [6, 6.07) is 9.82. The molecular formula is C18H16N2O2S3. The van der Waals surface area contributed by atoms with Crippen LogP contribution in [0.25, 0.3) is 11.3 Å². The molecule has 3 heterocycles. The third kappa shape index (κ3) is 3.31. The first-order chi connectivity index (χ1) is 12.3. The van der Waals surface area contributed by atoms with Crippen molar-refractivity contribution in [3.8, 4) is 17.0 Å². The monoisotopic (exact) mass is 388 g/mol. The molecule has 3 aromatic rings. The van der Waals surface area contributed by atoms with E-state index in [-0.39, 0.29) is 11.2 Å². The Kier molecular flexibility index (Phi) is 4.78. The molecule has 1 aromatic carbocycles. The van der Waals surface area contributed by atoms with Crippen LogP contribution < -0.4 is 10.1 Å². The van der Waals surface area contributed by atoms with Crippen LogP contribution in [0.2, 0.25) is 0 Å². The van der Waals surface area contributed by atoms with E-state index in [1.54, 1.807) is 30.2 Å². The number of fused-ring (bicyclic) bond motifs is 1. The number of benzene rings is 1. The number of aryl methyl sites for hydroxylation is 1. The second-order valence-electron chi connectivity index (χ2n) is 5.53. The average molecular weight is 389 g/mol. The predicted molar refractivity (Wildman–Crippen MR) is 106 cm³/mol. The normalized spacial score (nSPS) is 16.3. The lowest BCUT2D eigenvalue weighted by atomic mass is 10.1. The van der Waals surface area contributed by atoms with Gasteiger partial charge in [-0.05, 0) is 41.3 Å². The van der Waals surface area contributed by atoms with Crippen LogP contribution in [0.15, 0.2) is 41.1 Å². The number of aromatic nitrogens is 1. The number of para-hydroxylation sites is 1. The lowest BCUT2D eigenvalue weighted by Crippen LogP contribution is -2.22. The van der Waals surface area contributed by atoms with Crippen LogP contribution in [0, 0.1) is 0 Å². The molecule has 128 valence electrons. The maximum atomic E-state index is 12.7. The Bertz CT molecular complexity index is 903. The van der Waals surface area contributed by atoms with Gasteiger partial charge >= 0.3 is 0 Å². The number of amides is 1. The Morgan fingerprint density at radius 1 is 1.28 bits per heavy atom. The molecule has 0 radical (unpaired) electrons. The van der Waals surface area contributed by atoms with Gasteiger partial charge in [0.1, 0.15) is 11.0 Å². The fraction of sp³-hybridized carbons (Fsp3) is 0.222. The SMILES string of the molecule is COc1ccccc1-c1csc(NC(=O)C2SCCc3sccc32)n1. The Hall–Kier alpha value is -1.83. The first-order valence-electron chi connectivity index (χ1n) is 7.84. The number of nitrogens with zero attached hydrogens (tertiary/aromatic N) is 1. The zero-order valence-electron chi connectivity index (χ0n) is 13.5. The summed E-state index contributed by atoms with van der Waals surface area (Å²) in [5.74, 6) is 1.76. The molecule has 4 rings (SSSR count). The summed E-state index contributed by atoms with van der Waals surface area (Å²) in [6.07, 6.45) is 1.05. The second kappa shape index (κ2) is 7.19. The van der Waals surface area contributed by atoms with Gasteiger partial charge in [0.05, 0.1) is 12.8 Å². The van der Waals surface area contributed by atoms with Crippen LogP contribution in [-0.2, 0) is 11.2 Å². The van der Waals surface area contributed by atoms with E-state index in [1.807, 2.05) is 29.6 Å². The quantitative estimate of drug-likeness (QED) is 0.694. The van der Waals surface area contributed by atoms with Crippen LogP contribution in [0.5, 0.6) is 5.75 Å². The zero-order valence-corrected chi connectivity index (χ0v) is 16.0. The number of thiazole rings is 1. The van der Waals surface area contributed by atoms with E-state index >= 15 is 0 Å². The third-order valence-corrected chi connectivity index (χ3v) is 7.03. The maximum absolute atomic E-state index is 12.7. The number of carbonyl (C=O) groups is 1. The van der Waals surface area contributed by atoms with Gasteiger partial charge in [-0.2, -0.15) is 0 Å². The summed E-state index contributed by atoms with van der Waals surface area (Å²) in [5, 5.41) is 7.47. The molecule has 1 atom stereocenters. The van der Waals surface area contributed by atoms with E-state index < -0.39 is 0 Å². The Balaban J connectivity index is 1.53. The molecule has 1 aliphatic heterocycles. The van der Waals surface area contributed by atoms with Crippen molar-refractivity contribution in [2.75, 3.05) is 18.2 Å². The van der Waals surface area contributed by atoms with E-state index in [0.29, 0.717) is 5.13 Å². The van der Waals surface area contributed by atoms with Gasteiger partial charge in [0.15, 0.2) is 5.13 Å². The van der Waals surface area contributed by atoms with Gasteiger partial charge in [-0.3, -0.25) is 4.79 Å². The fourth-order valence-electron chi connectivity index (χ4n) is 2.85. The fourth-order valence-corrected chi connectivity index (χ4v) is 5.85. The highest BCUT2D eigenvalue weighted by Gasteiger charge is 2.28. The van der Waals surface area contributed by atoms with Crippen LogP contribution in [0.4, 0.5) is 5.13 Å². The smallest absolute Gasteiger partial charge is 0.243 e. The minimum Gasteiger partial charge on any atom is -0.496 e. The number of hydrogen-bond acceptors (Lipinski definition) is 6. The number of rotatable bonds is 4. The lowest BCUT2D eigenvalue weighted by Gasteiger charge is -2.20. The Morgan fingerprint density at radius 3 is 3.04 bits per heavy atom. The zero-order chi connectivity index (χ0) is 17.2. The van der Waals surface area contributed by atoms with Crippen LogP contribution in [0.1, 0.15) is 15.7 Å². The highest BCUT2D eigenvalue weighted by molar-refractivity contribution is 8.00. The molecular weight excluding hydrogens is 372 g/mol. The van der Waals surface area contributed by atoms with Crippen molar-refractivity contribution in [1.29, 1.82) is 0 Å². The van der Waals surface area contributed by atoms with Crippen LogP contribution in [0.3, 0.4) is 0 Å². The molecule has 0 saturated carbocycles.